The van der Waals surface area contributed by atoms with Crippen LogP contribution < -0.4 is 0 Å². The van der Waals surface area contributed by atoms with Crippen molar-refractivity contribution in [2.45, 2.75) is 4.90 Å². The smallest absolute Gasteiger partial charge is 0.282 e. The Balaban J connectivity index is 2.63. The molecule has 0 heterocycles. The molecule has 0 aliphatic carbocycles. The number of hydrogen-bond acceptors (Lipinski definition) is 4. The van der Waals surface area contributed by atoms with E-state index in [1.807, 2.05) is 0 Å². The lowest BCUT2D eigenvalue weighted by atomic mass is 10.0. The second kappa shape index (κ2) is 5.86. The summed E-state index contributed by atoms with van der Waals surface area (Å²) in [6, 6.07) is 12.7. The van der Waals surface area contributed by atoms with Crippen LogP contribution in [0, 0.1) is 10.1 Å². The van der Waals surface area contributed by atoms with E-state index in [0.29, 0.717) is 11.1 Å². The van der Waals surface area contributed by atoms with Gasteiger partial charge >= 0.3 is 0 Å². The Bertz CT molecular complexity index is 797. The third kappa shape index (κ3) is 3.74. The molecule has 0 aromatic heterocycles. The largest absolute Gasteiger partial charge is 0.295 e. The first-order valence-corrected chi connectivity index (χ1v) is 7.30. The van der Waals surface area contributed by atoms with Crippen LogP contribution in [0.5, 0.6) is 0 Å². The molecule has 21 heavy (non-hydrogen) atoms. The summed E-state index contributed by atoms with van der Waals surface area (Å²) in [5.74, 6) is 0. The minimum absolute atomic E-state index is 0.244. The topological polar surface area (TPSA) is 97.5 Å². The molecule has 0 fully saturated rings. The second-order valence-electron chi connectivity index (χ2n) is 4.20. The summed E-state index contributed by atoms with van der Waals surface area (Å²) in [6.45, 7) is 0. The van der Waals surface area contributed by atoms with Crippen molar-refractivity contribution in [1.29, 1.82) is 0 Å². The van der Waals surface area contributed by atoms with Crippen molar-refractivity contribution in [3.05, 3.63) is 70.4 Å². The summed E-state index contributed by atoms with van der Waals surface area (Å²) < 4.78 is 32.2. The first-order chi connectivity index (χ1) is 9.88. The van der Waals surface area contributed by atoms with Gasteiger partial charge in [0.15, 0.2) is 0 Å². The Morgan fingerprint density at radius 3 is 2.33 bits per heavy atom. The monoisotopic (exact) mass is 305 g/mol. The van der Waals surface area contributed by atoms with Crippen molar-refractivity contribution < 1.29 is 17.9 Å². The highest BCUT2D eigenvalue weighted by atomic mass is 32.2. The second-order valence-corrected chi connectivity index (χ2v) is 5.59. The average Bonchev–Trinajstić information content (AvgIpc) is 2.44. The van der Waals surface area contributed by atoms with E-state index < -0.39 is 15.0 Å². The van der Waals surface area contributed by atoms with Crippen LogP contribution in [0.3, 0.4) is 0 Å². The predicted octanol–water partition coefficient (Wildman–Crippen LogP) is 2.85. The van der Waals surface area contributed by atoms with Crippen LogP contribution in [-0.2, 0) is 10.1 Å². The lowest BCUT2D eigenvalue weighted by Crippen LogP contribution is -2.01. The van der Waals surface area contributed by atoms with Crippen molar-refractivity contribution in [2.75, 3.05) is 0 Å². The fraction of sp³-hybridized carbons (Fsp3) is 0. The molecule has 0 bridgehead atoms. The number of nitrogens with zero attached hydrogens (tertiary/aromatic N) is 1. The standard InChI is InChI=1S/C14H11NO5S/c16-15(17)9-8-11-6-7-14(21(18,19)20)13(10-11)12-4-2-1-3-5-12/h1-10H,(H,18,19,20)/b9-8+. The van der Waals surface area contributed by atoms with Gasteiger partial charge in [0.1, 0.15) is 4.90 Å². The Hall–Kier alpha value is -2.51. The van der Waals surface area contributed by atoms with Gasteiger partial charge in [-0.05, 0) is 23.3 Å². The molecule has 0 saturated heterocycles. The third-order valence-electron chi connectivity index (χ3n) is 2.76. The molecule has 0 radical (unpaired) electrons. The van der Waals surface area contributed by atoms with Crippen LogP contribution in [-0.4, -0.2) is 17.9 Å². The van der Waals surface area contributed by atoms with Crippen molar-refractivity contribution in [3.63, 3.8) is 0 Å². The summed E-state index contributed by atoms with van der Waals surface area (Å²) in [4.78, 5) is 9.48. The van der Waals surface area contributed by atoms with Crippen molar-refractivity contribution in [1.82, 2.24) is 0 Å². The van der Waals surface area contributed by atoms with Crippen molar-refractivity contribution in [2.24, 2.45) is 0 Å². The Kier molecular flexibility index (Phi) is 4.15. The normalized spacial score (nSPS) is 11.7. The van der Waals surface area contributed by atoms with E-state index in [2.05, 4.69) is 0 Å². The number of rotatable bonds is 4. The van der Waals surface area contributed by atoms with Gasteiger partial charge in [-0.1, -0.05) is 36.4 Å². The lowest BCUT2D eigenvalue weighted by molar-refractivity contribution is -0.400. The lowest BCUT2D eigenvalue weighted by Gasteiger charge is -2.08. The van der Waals surface area contributed by atoms with Crippen LogP contribution in [0.1, 0.15) is 5.56 Å². The van der Waals surface area contributed by atoms with Crippen LogP contribution in [0.15, 0.2) is 59.6 Å². The highest BCUT2D eigenvalue weighted by molar-refractivity contribution is 7.86. The quantitative estimate of drug-likeness (QED) is 0.532. The zero-order chi connectivity index (χ0) is 15.5. The van der Waals surface area contributed by atoms with E-state index >= 15 is 0 Å². The number of hydrogen-bond donors (Lipinski definition) is 1. The van der Waals surface area contributed by atoms with Crippen LogP contribution in [0.25, 0.3) is 17.2 Å². The molecule has 1 N–H and O–H groups in total. The maximum atomic E-state index is 11.4. The summed E-state index contributed by atoms with van der Waals surface area (Å²) in [5.41, 5.74) is 1.32. The fourth-order valence-electron chi connectivity index (χ4n) is 1.87. The minimum Gasteiger partial charge on any atom is -0.282 e. The van der Waals surface area contributed by atoms with E-state index in [9.17, 15) is 23.1 Å². The first kappa shape index (κ1) is 14.9. The van der Waals surface area contributed by atoms with Gasteiger partial charge in [-0.15, -0.1) is 0 Å². The molecule has 2 aromatic rings. The summed E-state index contributed by atoms with van der Waals surface area (Å²) in [6.07, 6.45) is 2.01. The molecular weight excluding hydrogens is 294 g/mol. The molecule has 0 amide bonds. The predicted molar refractivity (Wildman–Crippen MR) is 77.7 cm³/mol. The zero-order valence-electron chi connectivity index (χ0n) is 10.7. The Labute approximate surface area is 121 Å². The van der Waals surface area contributed by atoms with Crippen molar-refractivity contribution in [3.8, 4) is 11.1 Å². The fourth-order valence-corrected chi connectivity index (χ4v) is 2.56. The SMILES string of the molecule is O=[N+]([O-])/C=C/c1ccc(S(=O)(=O)O)c(-c2ccccc2)c1. The summed E-state index contributed by atoms with van der Waals surface area (Å²) >= 11 is 0. The maximum Gasteiger partial charge on any atom is 0.295 e. The van der Waals surface area contributed by atoms with Gasteiger partial charge in [-0.25, -0.2) is 0 Å². The Morgan fingerprint density at radius 2 is 1.76 bits per heavy atom. The number of nitro groups is 1. The molecule has 2 rings (SSSR count). The zero-order valence-corrected chi connectivity index (χ0v) is 11.5. The summed E-state index contributed by atoms with van der Waals surface area (Å²) in [7, 11) is -4.39. The molecule has 0 aliphatic heterocycles. The number of benzene rings is 2. The highest BCUT2D eigenvalue weighted by Gasteiger charge is 2.16. The van der Waals surface area contributed by atoms with Gasteiger partial charge in [0.2, 0.25) is 6.20 Å². The van der Waals surface area contributed by atoms with E-state index in [1.165, 1.54) is 24.3 Å². The van der Waals surface area contributed by atoms with Crippen LogP contribution in [0.4, 0.5) is 0 Å². The Morgan fingerprint density at radius 1 is 1.10 bits per heavy atom. The molecule has 2 aromatic carbocycles. The highest BCUT2D eigenvalue weighted by Crippen LogP contribution is 2.28. The van der Waals surface area contributed by atoms with Gasteiger partial charge in [0.05, 0.1) is 4.92 Å². The molecule has 108 valence electrons. The van der Waals surface area contributed by atoms with Gasteiger partial charge < -0.3 is 0 Å². The minimum atomic E-state index is -4.39. The molecule has 0 unspecified atom stereocenters. The van der Waals surface area contributed by atoms with Gasteiger partial charge in [-0.2, -0.15) is 8.42 Å². The van der Waals surface area contributed by atoms with E-state index in [4.69, 9.17) is 0 Å². The molecule has 0 saturated carbocycles. The van der Waals surface area contributed by atoms with Crippen LogP contribution >= 0.6 is 0 Å². The maximum absolute atomic E-state index is 11.4. The molecule has 7 heteroatoms. The average molecular weight is 305 g/mol. The van der Waals surface area contributed by atoms with Gasteiger partial charge in [0, 0.05) is 11.6 Å². The van der Waals surface area contributed by atoms with E-state index in [1.54, 1.807) is 30.3 Å². The van der Waals surface area contributed by atoms with Crippen LogP contribution in [0.2, 0.25) is 0 Å². The summed E-state index contributed by atoms with van der Waals surface area (Å²) in [5, 5.41) is 10.3. The van der Waals surface area contributed by atoms with Gasteiger partial charge in [0.25, 0.3) is 10.1 Å². The molecule has 0 aliphatic rings. The van der Waals surface area contributed by atoms with E-state index in [0.717, 1.165) is 6.20 Å². The van der Waals surface area contributed by atoms with Crippen molar-refractivity contribution >= 4 is 16.2 Å². The molecule has 0 spiro atoms. The molecular formula is C14H11NO5S. The molecule has 6 nitrogen and oxygen atoms in total. The van der Waals surface area contributed by atoms with Gasteiger partial charge in [-0.3, -0.25) is 14.7 Å². The third-order valence-corrected chi connectivity index (χ3v) is 3.67. The van der Waals surface area contributed by atoms with E-state index in [-0.39, 0.29) is 10.5 Å². The molecule has 0 atom stereocenters. The first-order valence-electron chi connectivity index (χ1n) is 5.86.